The summed E-state index contributed by atoms with van der Waals surface area (Å²) in [6, 6.07) is 8.22. The zero-order valence-corrected chi connectivity index (χ0v) is 10.4. The van der Waals surface area contributed by atoms with Crippen LogP contribution >= 0.6 is 27.5 Å². The minimum absolute atomic E-state index is 0.445. The van der Waals surface area contributed by atoms with Gasteiger partial charge in [-0.05, 0) is 17.7 Å². The summed E-state index contributed by atoms with van der Waals surface area (Å²) in [4.78, 5) is 4.17. The van der Waals surface area contributed by atoms with E-state index in [-0.39, 0.29) is 0 Å². The first kappa shape index (κ1) is 10.7. The van der Waals surface area contributed by atoms with E-state index in [4.69, 9.17) is 11.6 Å². The molecule has 0 fully saturated rings. The molecule has 0 spiro atoms. The number of aromatic nitrogens is 2. The number of halogens is 2. The fourth-order valence-electron chi connectivity index (χ4n) is 1.45. The lowest BCUT2D eigenvalue weighted by molar-refractivity contribution is 0.755. The quantitative estimate of drug-likeness (QED) is 0.790. The van der Waals surface area contributed by atoms with Gasteiger partial charge in [0.2, 0.25) is 0 Å². The highest BCUT2D eigenvalue weighted by Gasteiger charge is 2.01. The van der Waals surface area contributed by atoms with Gasteiger partial charge < -0.3 is 4.57 Å². The Hall–Kier alpha value is -0.800. The first-order valence-corrected chi connectivity index (χ1v) is 5.93. The van der Waals surface area contributed by atoms with E-state index in [0.29, 0.717) is 5.88 Å². The molecule has 1 aromatic carbocycles. The molecule has 0 aliphatic heterocycles. The van der Waals surface area contributed by atoms with Crippen LogP contribution in [0.2, 0.25) is 0 Å². The third kappa shape index (κ3) is 2.61. The highest BCUT2D eigenvalue weighted by Crippen LogP contribution is 2.13. The second-order valence-corrected chi connectivity index (χ2v) is 4.42. The van der Waals surface area contributed by atoms with E-state index in [2.05, 4.69) is 37.6 Å². The van der Waals surface area contributed by atoms with Crippen molar-refractivity contribution in [1.82, 2.24) is 9.55 Å². The van der Waals surface area contributed by atoms with Crippen molar-refractivity contribution in [3.8, 4) is 0 Å². The molecule has 0 unspecified atom stereocenters. The molecule has 0 atom stereocenters. The normalized spacial score (nSPS) is 10.5. The summed E-state index contributed by atoms with van der Waals surface area (Å²) >= 11 is 9.23. The molecule has 2 aromatic rings. The van der Waals surface area contributed by atoms with Crippen LogP contribution in [0.3, 0.4) is 0 Å². The lowest BCUT2D eigenvalue weighted by Crippen LogP contribution is -2.02. The number of hydrogen-bond acceptors (Lipinski definition) is 1. The predicted octanol–water partition coefficient (Wildman–Crippen LogP) is 3.43. The highest BCUT2D eigenvalue weighted by atomic mass is 79.9. The van der Waals surface area contributed by atoms with Gasteiger partial charge in [0.15, 0.2) is 0 Å². The first-order valence-electron chi connectivity index (χ1n) is 4.60. The maximum Gasteiger partial charge on any atom is 0.123 e. The van der Waals surface area contributed by atoms with Crippen LogP contribution in [0.25, 0.3) is 0 Å². The minimum Gasteiger partial charge on any atom is -0.330 e. The fourth-order valence-corrected chi connectivity index (χ4v) is 2.12. The van der Waals surface area contributed by atoms with E-state index in [1.54, 1.807) is 6.20 Å². The molecule has 0 radical (unpaired) electrons. The largest absolute Gasteiger partial charge is 0.330 e. The average Bonchev–Trinajstić information content (AvgIpc) is 2.65. The van der Waals surface area contributed by atoms with Gasteiger partial charge in [0.25, 0.3) is 0 Å². The monoisotopic (exact) mass is 284 g/mol. The number of benzene rings is 1. The summed E-state index contributed by atoms with van der Waals surface area (Å²) in [5.41, 5.74) is 1.23. The van der Waals surface area contributed by atoms with Gasteiger partial charge >= 0.3 is 0 Å². The van der Waals surface area contributed by atoms with E-state index in [9.17, 15) is 0 Å². The molecule has 1 heterocycles. The smallest absolute Gasteiger partial charge is 0.123 e. The van der Waals surface area contributed by atoms with Crippen molar-refractivity contribution in [2.24, 2.45) is 0 Å². The molecule has 0 saturated carbocycles. The van der Waals surface area contributed by atoms with Crippen molar-refractivity contribution < 1.29 is 0 Å². The molecular formula is C11H10BrClN2. The van der Waals surface area contributed by atoms with Gasteiger partial charge in [-0.3, -0.25) is 0 Å². The second kappa shape index (κ2) is 4.81. The van der Waals surface area contributed by atoms with Crippen molar-refractivity contribution >= 4 is 27.5 Å². The van der Waals surface area contributed by atoms with Crippen molar-refractivity contribution in [3.63, 3.8) is 0 Å². The van der Waals surface area contributed by atoms with E-state index < -0.39 is 0 Å². The van der Waals surface area contributed by atoms with Gasteiger partial charge in [-0.25, -0.2) is 4.98 Å². The van der Waals surface area contributed by atoms with Crippen LogP contribution in [-0.2, 0) is 12.4 Å². The Kier molecular flexibility index (Phi) is 3.44. The van der Waals surface area contributed by atoms with Crippen LogP contribution in [0.4, 0.5) is 0 Å². The third-order valence-electron chi connectivity index (χ3n) is 2.16. The highest BCUT2D eigenvalue weighted by molar-refractivity contribution is 9.10. The number of alkyl halides is 1. The molecule has 0 bridgehead atoms. The van der Waals surface area contributed by atoms with E-state index in [1.165, 1.54) is 5.56 Å². The van der Waals surface area contributed by atoms with Crippen molar-refractivity contribution in [3.05, 3.63) is 52.5 Å². The van der Waals surface area contributed by atoms with Crippen LogP contribution in [0.1, 0.15) is 11.4 Å². The van der Waals surface area contributed by atoms with Crippen LogP contribution in [0.5, 0.6) is 0 Å². The Balaban J connectivity index is 2.22. The zero-order valence-electron chi connectivity index (χ0n) is 8.03. The molecule has 15 heavy (non-hydrogen) atoms. The van der Waals surface area contributed by atoms with Crippen molar-refractivity contribution in [1.29, 1.82) is 0 Å². The maximum atomic E-state index is 5.78. The molecule has 0 aliphatic rings. The summed E-state index contributed by atoms with van der Waals surface area (Å²) in [6.45, 7) is 0.807. The van der Waals surface area contributed by atoms with E-state index in [1.807, 2.05) is 18.3 Å². The Labute approximate surface area is 102 Å². The molecular weight excluding hydrogens is 275 g/mol. The first-order chi connectivity index (χ1) is 7.29. The Morgan fingerprint density at radius 3 is 3.00 bits per heavy atom. The molecule has 0 amide bonds. The Bertz CT molecular complexity index is 453. The fraction of sp³-hybridized carbons (Fsp3) is 0.182. The summed E-state index contributed by atoms with van der Waals surface area (Å²) in [6.07, 6.45) is 3.72. The van der Waals surface area contributed by atoms with Crippen LogP contribution < -0.4 is 0 Å². The number of imidazole rings is 1. The molecule has 0 N–H and O–H groups in total. The van der Waals surface area contributed by atoms with E-state index in [0.717, 1.165) is 16.8 Å². The molecule has 78 valence electrons. The molecule has 0 aliphatic carbocycles. The van der Waals surface area contributed by atoms with Gasteiger partial charge in [0, 0.05) is 23.4 Å². The Morgan fingerprint density at radius 2 is 2.27 bits per heavy atom. The maximum absolute atomic E-state index is 5.78. The van der Waals surface area contributed by atoms with Gasteiger partial charge in [-0.15, -0.1) is 11.6 Å². The van der Waals surface area contributed by atoms with Gasteiger partial charge in [-0.1, -0.05) is 28.1 Å². The van der Waals surface area contributed by atoms with E-state index >= 15 is 0 Å². The standard InChI is InChI=1S/C11H10BrClN2/c12-10-3-1-2-9(6-10)8-15-5-4-14-11(15)7-13/h1-6H,7-8H2. The van der Waals surface area contributed by atoms with Crippen LogP contribution in [-0.4, -0.2) is 9.55 Å². The lowest BCUT2D eigenvalue weighted by Gasteiger charge is -2.06. The minimum atomic E-state index is 0.445. The molecule has 2 nitrogen and oxygen atoms in total. The second-order valence-electron chi connectivity index (χ2n) is 3.23. The van der Waals surface area contributed by atoms with Crippen LogP contribution in [0.15, 0.2) is 41.1 Å². The number of nitrogens with zero attached hydrogens (tertiary/aromatic N) is 2. The van der Waals surface area contributed by atoms with Crippen molar-refractivity contribution in [2.45, 2.75) is 12.4 Å². The van der Waals surface area contributed by atoms with Gasteiger partial charge in [-0.2, -0.15) is 0 Å². The molecule has 1 aromatic heterocycles. The summed E-state index contributed by atoms with van der Waals surface area (Å²) < 4.78 is 3.14. The predicted molar refractivity (Wildman–Crippen MR) is 65.0 cm³/mol. The Morgan fingerprint density at radius 1 is 1.40 bits per heavy atom. The summed E-state index contributed by atoms with van der Waals surface area (Å²) in [5, 5.41) is 0. The lowest BCUT2D eigenvalue weighted by atomic mass is 10.2. The number of rotatable bonds is 3. The summed E-state index contributed by atoms with van der Waals surface area (Å²) in [7, 11) is 0. The van der Waals surface area contributed by atoms with Gasteiger partial charge in [0.05, 0.1) is 5.88 Å². The molecule has 4 heteroatoms. The number of hydrogen-bond donors (Lipinski definition) is 0. The third-order valence-corrected chi connectivity index (χ3v) is 2.90. The summed E-state index contributed by atoms with van der Waals surface area (Å²) in [5.74, 6) is 1.35. The molecule has 2 rings (SSSR count). The topological polar surface area (TPSA) is 17.8 Å². The average molecular weight is 286 g/mol. The van der Waals surface area contributed by atoms with Crippen molar-refractivity contribution in [2.75, 3.05) is 0 Å². The SMILES string of the molecule is ClCc1nccn1Cc1cccc(Br)c1. The molecule has 0 saturated heterocycles. The zero-order chi connectivity index (χ0) is 10.7. The van der Waals surface area contributed by atoms with Crippen LogP contribution in [0, 0.1) is 0 Å². The van der Waals surface area contributed by atoms with Gasteiger partial charge in [0.1, 0.15) is 5.82 Å².